The number of hydrogen-bond acceptors (Lipinski definition) is 3. The van der Waals surface area contributed by atoms with Crippen LogP contribution in [-0.2, 0) is 12.8 Å². The molecule has 0 saturated carbocycles. The Morgan fingerprint density at radius 1 is 0.962 bits per heavy atom. The van der Waals surface area contributed by atoms with Gasteiger partial charge in [-0.05, 0) is 73.3 Å². The standard InChI is InChI=1S/C23H28N2O/c24-23(13-17-4-1-2-5-18(17)14-23)15-25-20-8-9-21(25)11-19(10-20)16-6-3-7-22(26)12-16/h1-7,12,19-21,26H,8-11,13-15,24H2. The Balaban J connectivity index is 1.31. The first-order valence-electron chi connectivity index (χ1n) is 10.00. The lowest BCUT2D eigenvalue weighted by Crippen LogP contribution is -2.55. The number of phenols is 1. The molecule has 2 heterocycles. The van der Waals surface area contributed by atoms with Crippen LogP contribution < -0.4 is 5.73 Å². The monoisotopic (exact) mass is 348 g/mol. The van der Waals surface area contributed by atoms with E-state index in [9.17, 15) is 5.11 Å². The van der Waals surface area contributed by atoms with Crippen molar-refractivity contribution < 1.29 is 5.11 Å². The Labute approximate surface area is 155 Å². The van der Waals surface area contributed by atoms with Gasteiger partial charge in [0.1, 0.15) is 5.75 Å². The number of rotatable bonds is 3. The van der Waals surface area contributed by atoms with Crippen LogP contribution >= 0.6 is 0 Å². The van der Waals surface area contributed by atoms with Crippen LogP contribution in [0.15, 0.2) is 48.5 Å². The van der Waals surface area contributed by atoms with Gasteiger partial charge >= 0.3 is 0 Å². The van der Waals surface area contributed by atoms with Crippen LogP contribution in [0, 0.1) is 0 Å². The van der Waals surface area contributed by atoms with Gasteiger partial charge in [-0.2, -0.15) is 0 Å². The molecule has 3 N–H and O–H groups in total. The van der Waals surface area contributed by atoms with Crippen molar-refractivity contribution in [3.05, 3.63) is 65.2 Å². The number of fused-ring (bicyclic) bond motifs is 3. The minimum absolute atomic E-state index is 0.109. The second-order valence-corrected chi connectivity index (χ2v) is 8.81. The molecule has 0 aromatic heterocycles. The molecule has 0 spiro atoms. The van der Waals surface area contributed by atoms with E-state index in [1.807, 2.05) is 12.1 Å². The van der Waals surface area contributed by atoms with E-state index in [1.165, 1.54) is 42.4 Å². The smallest absolute Gasteiger partial charge is 0.115 e. The summed E-state index contributed by atoms with van der Waals surface area (Å²) in [6.45, 7) is 1.02. The molecule has 2 fully saturated rings. The van der Waals surface area contributed by atoms with Gasteiger partial charge in [0.15, 0.2) is 0 Å². The fourth-order valence-corrected chi connectivity index (χ4v) is 5.78. The molecular formula is C23H28N2O. The molecule has 0 amide bonds. The molecule has 3 nitrogen and oxygen atoms in total. The largest absolute Gasteiger partial charge is 0.508 e. The van der Waals surface area contributed by atoms with Gasteiger partial charge in [0.25, 0.3) is 0 Å². The van der Waals surface area contributed by atoms with Crippen LogP contribution in [-0.4, -0.2) is 34.2 Å². The third kappa shape index (κ3) is 2.83. The highest BCUT2D eigenvalue weighted by molar-refractivity contribution is 5.36. The van der Waals surface area contributed by atoms with E-state index in [2.05, 4.69) is 35.2 Å². The topological polar surface area (TPSA) is 49.5 Å². The summed E-state index contributed by atoms with van der Waals surface area (Å²) in [5.74, 6) is 0.965. The lowest BCUT2D eigenvalue weighted by Gasteiger charge is -2.43. The molecule has 0 radical (unpaired) electrons. The van der Waals surface area contributed by atoms with Gasteiger partial charge in [0.2, 0.25) is 0 Å². The molecule has 3 heteroatoms. The minimum atomic E-state index is -0.109. The Morgan fingerprint density at radius 2 is 1.62 bits per heavy atom. The number of nitrogens with zero attached hydrogens (tertiary/aromatic N) is 1. The SMILES string of the molecule is NC1(CN2C3CCC2CC(c2cccc(O)c2)C3)Cc2ccccc2C1. The molecule has 2 aromatic carbocycles. The molecule has 2 bridgehead atoms. The second-order valence-electron chi connectivity index (χ2n) is 8.81. The van der Waals surface area contributed by atoms with Crippen LogP contribution in [0.3, 0.4) is 0 Å². The van der Waals surface area contributed by atoms with Crippen LogP contribution in [0.25, 0.3) is 0 Å². The summed E-state index contributed by atoms with van der Waals surface area (Å²) in [5.41, 5.74) is 11.0. The van der Waals surface area contributed by atoms with Gasteiger partial charge in [0, 0.05) is 24.2 Å². The van der Waals surface area contributed by atoms with Gasteiger partial charge in [-0.3, -0.25) is 4.90 Å². The number of phenolic OH excluding ortho intramolecular Hbond substituents is 1. The average Bonchev–Trinajstić information content (AvgIpc) is 3.05. The molecule has 136 valence electrons. The summed E-state index contributed by atoms with van der Waals surface area (Å²) in [6.07, 6.45) is 7.00. The molecule has 3 aliphatic rings. The average molecular weight is 348 g/mol. The van der Waals surface area contributed by atoms with Gasteiger partial charge in [0.05, 0.1) is 0 Å². The summed E-state index contributed by atoms with van der Waals surface area (Å²) < 4.78 is 0. The Kier molecular flexibility index (Phi) is 3.84. The third-order valence-corrected chi connectivity index (χ3v) is 6.93. The van der Waals surface area contributed by atoms with Gasteiger partial charge < -0.3 is 10.8 Å². The van der Waals surface area contributed by atoms with Crippen LogP contribution in [0.2, 0.25) is 0 Å². The maximum atomic E-state index is 9.83. The predicted molar refractivity (Wildman–Crippen MR) is 104 cm³/mol. The highest BCUT2D eigenvalue weighted by Crippen LogP contribution is 2.44. The first-order chi connectivity index (χ1) is 12.6. The summed E-state index contributed by atoms with van der Waals surface area (Å²) in [6, 6.07) is 17.9. The maximum Gasteiger partial charge on any atom is 0.115 e. The van der Waals surface area contributed by atoms with Crippen molar-refractivity contribution in [3.8, 4) is 5.75 Å². The van der Waals surface area contributed by atoms with E-state index in [0.717, 1.165) is 19.4 Å². The molecule has 2 atom stereocenters. The van der Waals surface area contributed by atoms with Gasteiger partial charge in [-0.1, -0.05) is 36.4 Å². The predicted octanol–water partition coefficient (Wildman–Crippen LogP) is 3.60. The fraction of sp³-hybridized carbons (Fsp3) is 0.478. The molecule has 26 heavy (non-hydrogen) atoms. The molecule has 2 aliphatic heterocycles. The van der Waals surface area contributed by atoms with Crippen LogP contribution in [0.5, 0.6) is 5.75 Å². The molecule has 1 aliphatic carbocycles. The van der Waals surface area contributed by atoms with Crippen LogP contribution in [0.1, 0.15) is 48.3 Å². The summed E-state index contributed by atoms with van der Waals surface area (Å²) in [4.78, 5) is 2.73. The van der Waals surface area contributed by atoms with Crippen LogP contribution in [0.4, 0.5) is 0 Å². The van der Waals surface area contributed by atoms with Crippen molar-refractivity contribution in [1.82, 2.24) is 4.90 Å². The summed E-state index contributed by atoms with van der Waals surface area (Å²) in [7, 11) is 0. The second kappa shape index (κ2) is 6.11. The number of hydrogen-bond donors (Lipinski definition) is 2. The van der Waals surface area contributed by atoms with E-state index in [4.69, 9.17) is 5.73 Å². The zero-order valence-electron chi connectivity index (χ0n) is 15.3. The lowest BCUT2D eigenvalue weighted by molar-refractivity contribution is 0.0975. The minimum Gasteiger partial charge on any atom is -0.508 e. The highest BCUT2D eigenvalue weighted by Gasteiger charge is 2.45. The van der Waals surface area contributed by atoms with E-state index in [0.29, 0.717) is 23.8 Å². The van der Waals surface area contributed by atoms with Gasteiger partial charge in [-0.25, -0.2) is 0 Å². The van der Waals surface area contributed by atoms with Crippen molar-refractivity contribution in [2.75, 3.05) is 6.54 Å². The summed E-state index contributed by atoms with van der Waals surface area (Å²) in [5, 5.41) is 9.83. The lowest BCUT2D eigenvalue weighted by atomic mass is 9.83. The van der Waals surface area contributed by atoms with Crippen molar-refractivity contribution in [2.24, 2.45) is 5.73 Å². The molecular weight excluding hydrogens is 320 g/mol. The first kappa shape index (κ1) is 16.3. The molecule has 5 rings (SSSR count). The zero-order valence-corrected chi connectivity index (χ0v) is 15.3. The van der Waals surface area contributed by atoms with Crippen molar-refractivity contribution in [3.63, 3.8) is 0 Å². The zero-order chi connectivity index (χ0) is 17.7. The van der Waals surface area contributed by atoms with Crippen molar-refractivity contribution >= 4 is 0 Å². The quantitative estimate of drug-likeness (QED) is 0.891. The molecule has 2 saturated heterocycles. The number of nitrogens with two attached hydrogens (primary N) is 1. The number of aromatic hydroxyl groups is 1. The normalized spacial score (nSPS) is 29.7. The first-order valence-corrected chi connectivity index (χ1v) is 10.00. The van der Waals surface area contributed by atoms with E-state index >= 15 is 0 Å². The van der Waals surface area contributed by atoms with E-state index in [1.54, 1.807) is 6.07 Å². The van der Waals surface area contributed by atoms with E-state index < -0.39 is 0 Å². The summed E-state index contributed by atoms with van der Waals surface area (Å²) >= 11 is 0. The Bertz CT molecular complexity index is 778. The fourth-order valence-electron chi connectivity index (χ4n) is 5.78. The third-order valence-electron chi connectivity index (χ3n) is 6.93. The van der Waals surface area contributed by atoms with Crippen molar-refractivity contribution in [1.29, 1.82) is 0 Å². The number of benzene rings is 2. The number of piperidine rings is 1. The molecule has 2 unspecified atom stereocenters. The van der Waals surface area contributed by atoms with Gasteiger partial charge in [-0.15, -0.1) is 0 Å². The molecule has 2 aromatic rings. The Hall–Kier alpha value is -1.84. The maximum absolute atomic E-state index is 9.83. The van der Waals surface area contributed by atoms with E-state index in [-0.39, 0.29) is 5.54 Å². The highest BCUT2D eigenvalue weighted by atomic mass is 16.3. The Morgan fingerprint density at radius 3 is 2.23 bits per heavy atom. The van der Waals surface area contributed by atoms with Crippen molar-refractivity contribution in [2.45, 2.75) is 62.1 Å².